The minimum absolute atomic E-state index is 1.17. The predicted molar refractivity (Wildman–Crippen MR) is 179 cm³/mol. The van der Waals surface area contributed by atoms with Gasteiger partial charge in [0.05, 0.1) is 16.6 Å². The van der Waals surface area contributed by atoms with E-state index in [9.17, 15) is 0 Å². The Labute approximate surface area is 243 Å². The Balaban J connectivity index is 1.20. The highest BCUT2D eigenvalue weighted by molar-refractivity contribution is 6.22. The second-order valence-corrected chi connectivity index (χ2v) is 11.1. The van der Waals surface area contributed by atoms with Crippen LogP contribution in [-0.2, 0) is 0 Å². The highest BCUT2D eigenvalue weighted by atomic mass is 15.0. The van der Waals surface area contributed by atoms with Crippen LogP contribution in [0.2, 0.25) is 0 Å². The van der Waals surface area contributed by atoms with E-state index in [-0.39, 0.29) is 0 Å². The summed E-state index contributed by atoms with van der Waals surface area (Å²) in [6, 6.07) is 54.9. The summed E-state index contributed by atoms with van der Waals surface area (Å²) in [6.07, 6.45) is 0. The zero-order chi connectivity index (χ0) is 27.6. The molecule has 0 aliphatic carbocycles. The van der Waals surface area contributed by atoms with Gasteiger partial charge in [-0.3, -0.25) is 0 Å². The Morgan fingerprint density at radius 2 is 1.07 bits per heavy atom. The van der Waals surface area contributed by atoms with E-state index in [4.69, 9.17) is 0 Å². The van der Waals surface area contributed by atoms with Gasteiger partial charge in [-0.05, 0) is 70.1 Å². The SMILES string of the molecule is c1ccc(-n2c3ccccc3c3cc(-c4ccc(-c5cc6ccccc6c6[nH]c7ccccc7c56)cc4)ccc32)cc1. The lowest BCUT2D eigenvalue weighted by Gasteiger charge is -2.10. The summed E-state index contributed by atoms with van der Waals surface area (Å²) in [4.78, 5) is 3.71. The molecule has 9 aromatic rings. The smallest absolute Gasteiger partial charge is 0.0550 e. The van der Waals surface area contributed by atoms with Crippen LogP contribution in [0.5, 0.6) is 0 Å². The van der Waals surface area contributed by atoms with Crippen molar-refractivity contribution in [2.75, 3.05) is 0 Å². The van der Waals surface area contributed by atoms with E-state index >= 15 is 0 Å². The zero-order valence-electron chi connectivity index (χ0n) is 22.9. The molecule has 2 heterocycles. The average Bonchev–Trinajstić information content (AvgIpc) is 3.61. The van der Waals surface area contributed by atoms with E-state index in [2.05, 4.69) is 161 Å². The van der Waals surface area contributed by atoms with E-state index in [0.717, 1.165) is 0 Å². The minimum Gasteiger partial charge on any atom is -0.354 e. The quantitative estimate of drug-likeness (QED) is 0.233. The zero-order valence-corrected chi connectivity index (χ0v) is 22.9. The molecule has 1 N–H and O–H groups in total. The third-order valence-corrected chi connectivity index (χ3v) is 8.72. The molecule has 0 fully saturated rings. The standard InChI is InChI=1S/C40H26N2/c1-2-11-30(12-3-1)42-37-17-9-7-14-32(37)35-24-28(22-23-38(35)42)26-18-20-27(21-19-26)34-25-29-10-4-5-13-31(29)40-39(34)33-15-6-8-16-36(33)41-40/h1-25,41H. The second kappa shape index (κ2) is 8.95. The molecule has 0 amide bonds. The fourth-order valence-corrected chi connectivity index (χ4v) is 6.78. The number of para-hydroxylation sites is 3. The third-order valence-electron chi connectivity index (χ3n) is 8.72. The molecular formula is C40H26N2. The number of nitrogens with zero attached hydrogens (tertiary/aromatic N) is 1. The summed E-state index contributed by atoms with van der Waals surface area (Å²) >= 11 is 0. The number of aromatic nitrogens is 2. The molecule has 0 spiro atoms. The molecule has 196 valence electrons. The van der Waals surface area contributed by atoms with Crippen LogP contribution in [0.25, 0.3) is 82.3 Å². The van der Waals surface area contributed by atoms with Crippen LogP contribution in [0.4, 0.5) is 0 Å². The monoisotopic (exact) mass is 534 g/mol. The number of rotatable bonds is 3. The van der Waals surface area contributed by atoms with Crippen molar-refractivity contribution in [2.45, 2.75) is 0 Å². The number of benzene rings is 7. The number of hydrogen-bond donors (Lipinski definition) is 1. The molecular weight excluding hydrogens is 508 g/mol. The summed E-state index contributed by atoms with van der Waals surface area (Å²) in [5, 5.41) is 7.59. The first-order valence-corrected chi connectivity index (χ1v) is 14.5. The number of nitrogens with one attached hydrogen (secondary N) is 1. The van der Waals surface area contributed by atoms with Crippen LogP contribution in [0.1, 0.15) is 0 Å². The average molecular weight is 535 g/mol. The van der Waals surface area contributed by atoms with Gasteiger partial charge in [0.2, 0.25) is 0 Å². The molecule has 0 radical (unpaired) electrons. The third kappa shape index (κ3) is 3.39. The van der Waals surface area contributed by atoms with Gasteiger partial charge >= 0.3 is 0 Å². The van der Waals surface area contributed by atoms with Crippen molar-refractivity contribution in [2.24, 2.45) is 0 Å². The molecule has 2 aromatic heterocycles. The summed E-state index contributed by atoms with van der Waals surface area (Å²) in [5.74, 6) is 0. The van der Waals surface area contributed by atoms with Crippen molar-refractivity contribution in [1.29, 1.82) is 0 Å². The van der Waals surface area contributed by atoms with Crippen LogP contribution in [0.15, 0.2) is 152 Å². The molecule has 42 heavy (non-hydrogen) atoms. The maximum atomic E-state index is 3.71. The maximum Gasteiger partial charge on any atom is 0.0550 e. The fraction of sp³-hybridized carbons (Fsp3) is 0. The number of H-pyrrole nitrogens is 1. The lowest BCUT2D eigenvalue weighted by Crippen LogP contribution is -1.92. The lowest BCUT2D eigenvalue weighted by atomic mass is 9.94. The summed E-state index contributed by atoms with van der Waals surface area (Å²) < 4.78 is 2.36. The number of aromatic amines is 1. The lowest BCUT2D eigenvalue weighted by molar-refractivity contribution is 1.18. The van der Waals surface area contributed by atoms with E-state index in [1.54, 1.807) is 0 Å². The molecule has 0 unspecified atom stereocenters. The molecule has 0 aliphatic rings. The van der Waals surface area contributed by atoms with Gasteiger partial charge in [0.25, 0.3) is 0 Å². The minimum atomic E-state index is 1.17. The number of hydrogen-bond acceptors (Lipinski definition) is 0. The summed E-state index contributed by atoms with van der Waals surface area (Å²) in [6.45, 7) is 0. The van der Waals surface area contributed by atoms with Gasteiger partial charge in [-0.25, -0.2) is 0 Å². The number of fused-ring (bicyclic) bond motifs is 8. The first-order valence-electron chi connectivity index (χ1n) is 14.5. The van der Waals surface area contributed by atoms with E-state index in [1.807, 2.05) is 0 Å². The van der Waals surface area contributed by atoms with E-state index in [1.165, 1.54) is 82.3 Å². The Hall–Kier alpha value is -5.60. The highest BCUT2D eigenvalue weighted by Crippen LogP contribution is 2.40. The van der Waals surface area contributed by atoms with Crippen molar-refractivity contribution in [3.05, 3.63) is 152 Å². The van der Waals surface area contributed by atoms with Crippen molar-refractivity contribution in [3.8, 4) is 27.9 Å². The van der Waals surface area contributed by atoms with Gasteiger partial charge in [-0.15, -0.1) is 0 Å². The molecule has 2 heteroatoms. The van der Waals surface area contributed by atoms with Gasteiger partial charge in [0.1, 0.15) is 0 Å². The topological polar surface area (TPSA) is 20.7 Å². The Morgan fingerprint density at radius 1 is 0.429 bits per heavy atom. The Morgan fingerprint density at radius 3 is 1.93 bits per heavy atom. The first-order chi connectivity index (χ1) is 20.8. The maximum absolute atomic E-state index is 3.71. The molecule has 0 atom stereocenters. The largest absolute Gasteiger partial charge is 0.354 e. The Bertz CT molecular complexity index is 2440. The van der Waals surface area contributed by atoms with Gasteiger partial charge in [0, 0.05) is 38.1 Å². The van der Waals surface area contributed by atoms with Gasteiger partial charge < -0.3 is 9.55 Å². The van der Waals surface area contributed by atoms with Gasteiger partial charge in [-0.1, -0.05) is 109 Å². The second-order valence-electron chi connectivity index (χ2n) is 11.1. The molecule has 0 aliphatic heterocycles. The van der Waals surface area contributed by atoms with E-state index < -0.39 is 0 Å². The summed E-state index contributed by atoms with van der Waals surface area (Å²) in [7, 11) is 0. The van der Waals surface area contributed by atoms with Crippen molar-refractivity contribution in [3.63, 3.8) is 0 Å². The molecule has 7 aromatic carbocycles. The van der Waals surface area contributed by atoms with E-state index in [0.29, 0.717) is 0 Å². The molecule has 0 bridgehead atoms. The van der Waals surface area contributed by atoms with Crippen LogP contribution < -0.4 is 0 Å². The highest BCUT2D eigenvalue weighted by Gasteiger charge is 2.15. The predicted octanol–water partition coefficient (Wildman–Crippen LogP) is 10.9. The van der Waals surface area contributed by atoms with Crippen molar-refractivity contribution < 1.29 is 0 Å². The molecule has 0 saturated carbocycles. The van der Waals surface area contributed by atoms with Gasteiger partial charge in [-0.2, -0.15) is 0 Å². The van der Waals surface area contributed by atoms with Crippen LogP contribution in [-0.4, -0.2) is 9.55 Å². The molecule has 9 rings (SSSR count). The normalized spacial score (nSPS) is 11.8. The summed E-state index contributed by atoms with van der Waals surface area (Å²) in [5.41, 5.74) is 10.9. The van der Waals surface area contributed by atoms with Crippen molar-refractivity contribution >= 4 is 54.4 Å². The Kier molecular flexibility index (Phi) is 4.93. The molecule has 0 saturated heterocycles. The first kappa shape index (κ1) is 23.1. The fourth-order valence-electron chi connectivity index (χ4n) is 6.78. The van der Waals surface area contributed by atoms with Crippen LogP contribution >= 0.6 is 0 Å². The van der Waals surface area contributed by atoms with Crippen LogP contribution in [0, 0.1) is 0 Å². The van der Waals surface area contributed by atoms with Crippen LogP contribution in [0.3, 0.4) is 0 Å². The van der Waals surface area contributed by atoms with Crippen molar-refractivity contribution in [1.82, 2.24) is 9.55 Å². The molecule has 2 nitrogen and oxygen atoms in total. The van der Waals surface area contributed by atoms with Gasteiger partial charge in [0.15, 0.2) is 0 Å².